The van der Waals surface area contributed by atoms with Crippen LogP contribution in [0.5, 0.6) is 0 Å². The number of nitro benzene ring substituents is 1. The van der Waals surface area contributed by atoms with Gasteiger partial charge >= 0.3 is 5.97 Å². The molecule has 172 valence electrons. The summed E-state index contributed by atoms with van der Waals surface area (Å²) in [5.41, 5.74) is -0.406. The lowest BCUT2D eigenvalue weighted by atomic mass is 10.2. The molecule has 33 heavy (non-hydrogen) atoms. The maximum atomic E-state index is 12.6. The molecule has 1 amide bonds. The first-order chi connectivity index (χ1) is 15.5. The Morgan fingerprint density at radius 1 is 1.27 bits per heavy atom. The zero-order valence-electron chi connectivity index (χ0n) is 16.7. The number of aromatic nitrogens is 4. The van der Waals surface area contributed by atoms with E-state index < -0.39 is 33.4 Å². The predicted octanol–water partition coefficient (Wildman–Crippen LogP) is 0.712. The van der Waals surface area contributed by atoms with Gasteiger partial charge in [-0.15, -0.1) is 5.10 Å². The largest absolute Gasteiger partial charge is 0.452 e. The van der Waals surface area contributed by atoms with Crippen molar-refractivity contribution in [3.05, 3.63) is 58.1 Å². The molecular formula is C17H15N7O7S2. The number of hydrogen-bond donors (Lipinski definition) is 2. The van der Waals surface area contributed by atoms with Gasteiger partial charge in [-0.25, -0.2) is 23.0 Å². The number of ether oxygens (including phenoxy) is 1. The average molecular weight is 493 g/mol. The molecule has 0 aliphatic carbocycles. The monoisotopic (exact) mass is 493 g/mol. The van der Waals surface area contributed by atoms with Gasteiger partial charge in [0.05, 0.1) is 15.4 Å². The molecule has 1 heterocycles. The summed E-state index contributed by atoms with van der Waals surface area (Å²) >= 11 is 0.971. The second-order valence-electron chi connectivity index (χ2n) is 6.32. The lowest BCUT2D eigenvalue weighted by Crippen LogP contribution is -2.21. The van der Waals surface area contributed by atoms with Crippen molar-refractivity contribution in [3.63, 3.8) is 0 Å². The van der Waals surface area contributed by atoms with Gasteiger partial charge in [0, 0.05) is 29.8 Å². The van der Waals surface area contributed by atoms with Crippen LogP contribution in [0.25, 0.3) is 0 Å². The van der Waals surface area contributed by atoms with Crippen molar-refractivity contribution in [3.8, 4) is 0 Å². The number of esters is 1. The van der Waals surface area contributed by atoms with Crippen LogP contribution in [0.15, 0.2) is 57.4 Å². The molecule has 2 aromatic carbocycles. The van der Waals surface area contributed by atoms with Crippen LogP contribution in [-0.4, -0.2) is 52.0 Å². The normalized spacial score (nSPS) is 11.1. The third-order valence-electron chi connectivity index (χ3n) is 3.96. The number of carbonyl (C=O) groups is 2. The van der Waals surface area contributed by atoms with E-state index in [1.54, 1.807) is 7.05 Å². The smallest absolute Gasteiger partial charge is 0.340 e. The third kappa shape index (κ3) is 6.09. The van der Waals surface area contributed by atoms with Crippen molar-refractivity contribution in [1.82, 2.24) is 20.2 Å². The van der Waals surface area contributed by atoms with Crippen LogP contribution in [0, 0.1) is 10.1 Å². The lowest BCUT2D eigenvalue weighted by molar-refractivity contribution is -0.384. The molecule has 0 radical (unpaired) electrons. The Kier molecular flexibility index (Phi) is 7.00. The van der Waals surface area contributed by atoms with Crippen LogP contribution < -0.4 is 10.5 Å². The number of non-ortho nitro benzene ring substituents is 1. The Hall–Kier alpha value is -3.89. The molecule has 0 saturated carbocycles. The summed E-state index contributed by atoms with van der Waals surface area (Å²) in [6.07, 6.45) is 0. The summed E-state index contributed by atoms with van der Waals surface area (Å²) in [6.45, 7) is -0.739. The molecule has 0 atom stereocenters. The number of rotatable bonds is 8. The average Bonchev–Trinajstić information content (AvgIpc) is 3.16. The summed E-state index contributed by atoms with van der Waals surface area (Å²) in [5.74, 6) is -1.77. The SMILES string of the molecule is Cn1nnnc1Sc1ccc([N+](=O)[O-])cc1C(=O)OCC(=O)Nc1cccc(S(N)(=O)=O)c1. The highest BCUT2D eigenvalue weighted by Gasteiger charge is 2.21. The fourth-order valence-electron chi connectivity index (χ4n) is 2.44. The van der Waals surface area contributed by atoms with Crippen molar-refractivity contribution < 1.29 is 27.7 Å². The highest BCUT2D eigenvalue weighted by molar-refractivity contribution is 7.99. The number of aryl methyl sites for hydroxylation is 1. The molecular weight excluding hydrogens is 478 g/mol. The fraction of sp³-hybridized carbons (Fsp3) is 0.118. The van der Waals surface area contributed by atoms with Gasteiger partial charge in [-0.2, -0.15) is 0 Å². The molecule has 0 spiro atoms. The van der Waals surface area contributed by atoms with Crippen LogP contribution in [0.1, 0.15) is 10.4 Å². The molecule has 3 N–H and O–H groups in total. The lowest BCUT2D eigenvalue weighted by Gasteiger charge is -2.10. The first-order valence-electron chi connectivity index (χ1n) is 8.83. The summed E-state index contributed by atoms with van der Waals surface area (Å²) in [4.78, 5) is 35.3. The zero-order chi connectivity index (χ0) is 24.2. The van der Waals surface area contributed by atoms with Gasteiger partial charge in [0.1, 0.15) is 0 Å². The topological polar surface area (TPSA) is 202 Å². The number of benzene rings is 2. The number of anilines is 1. The van der Waals surface area contributed by atoms with Gasteiger partial charge in [-0.05, 0) is 46.5 Å². The quantitative estimate of drug-likeness (QED) is 0.254. The minimum absolute atomic E-state index is 0.115. The Bertz CT molecular complexity index is 1340. The van der Waals surface area contributed by atoms with Crippen LogP contribution in [0.2, 0.25) is 0 Å². The minimum atomic E-state index is -3.97. The van der Waals surface area contributed by atoms with Crippen molar-refractivity contribution in [2.45, 2.75) is 14.9 Å². The predicted molar refractivity (Wildman–Crippen MR) is 113 cm³/mol. The number of nitro groups is 1. The molecule has 0 aliphatic heterocycles. The summed E-state index contributed by atoms with van der Waals surface area (Å²) in [6, 6.07) is 8.73. The van der Waals surface area contributed by atoms with Crippen LogP contribution >= 0.6 is 11.8 Å². The van der Waals surface area contributed by atoms with E-state index in [0.29, 0.717) is 5.16 Å². The number of primary sulfonamides is 1. The number of amides is 1. The Morgan fingerprint density at radius 2 is 2.03 bits per heavy atom. The summed E-state index contributed by atoms with van der Waals surface area (Å²) in [5, 5.41) is 29.8. The maximum Gasteiger partial charge on any atom is 0.340 e. The van der Waals surface area contributed by atoms with E-state index in [-0.39, 0.29) is 26.7 Å². The molecule has 0 saturated heterocycles. The van der Waals surface area contributed by atoms with Crippen molar-refractivity contribution in [2.75, 3.05) is 11.9 Å². The molecule has 3 aromatic rings. The molecule has 0 bridgehead atoms. The number of nitrogens with two attached hydrogens (primary N) is 1. The van der Waals surface area contributed by atoms with Crippen molar-refractivity contribution in [1.29, 1.82) is 0 Å². The maximum absolute atomic E-state index is 12.6. The standard InChI is InChI=1S/C17H15N7O7S2/c1-23-17(20-21-22-23)32-14-6-5-11(24(27)28)8-13(14)16(26)31-9-15(25)19-10-3-2-4-12(7-10)33(18,29)30/h2-8H,9H2,1H3,(H,19,25)(H2,18,29,30). The molecule has 16 heteroatoms. The Morgan fingerprint density at radius 3 is 2.67 bits per heavy atom. The molecule has 0 aliphatic rings. The second kappa shape index (κ2) is 9.72. The molecule has 0 fully saturated rings. The van der Waals surface area contributed by atoms with Gasteiger partial charge < -0.3 is 10.1 Å². The van der Waals surface area contributed by atoms with E-state index in [1.165, 1.54) is 35.0 Å². The number of tetrazole rings is 1. The van der Waals surface area contributed by atoms with Crippen molar-refractivity contribution in [2.24, 2.45) is 12.2 Å². The van der Waals surface area contributed by atoms with E-state index in [0.717, 1.165) is 23.9 Å². The van der Waals surface area contributed by atoms with Gasteiger partial charge in [-0.3, -0.25) is 14.9 Å². The van der Waals surface area contributed by atoms with Gasteiger partial charge in [0.2, 0.25) is 15.2 Å². The minimum Gasteiger partial charge on any atom is -0.452 e. The van der Waals surface area contributed by atoms with Gasteiger partial charge in [0.25, 0.3) is 11.6 Å². The van der Waals surface area contributed by atoms with Crippen LogP contribution in [0.3, 0.4) is 0 Å². The Labute approximate surface area is 190 Å². The second-order valence-corrected chi connectivity index (χ2v) is 8.89. The Balaban J connectivity index is 1.74. The number of nitrogens with one attached hydrogen (secondary N) is 1. The van der Waals surface area contributed by atoms with Crippen LogP contribution in [0.4, 0.5) is 11.4 Å². The molecule has 14 nitrogen and oxygen atoms in total. The number of hydrogen-bond acceptors (Lipinski definition) is 11. The molecule has 3 rings (SSSR count). The number of carbonyl (C=O) groups excluding carboxylic acids is 2. The molecule has 1 aromatic heterocycles. The zero-order valence-corrected chi connectivity index (χ0v) is 18.4. The van der Waals surface area contributed by atoms with E-state index in [4.69, 9.17) is 9.88 Å². The number of nitrogens with zero attached hydrogens (tertiary/aromatic N) is 5. The third-order valence-corrected chi connectivity index (χ3v) is 5.97. The summed E-state index contributed by atoms with van der Waals surface area (Å²) < 4.78 is 29.2. The van der Waals surface area contributed by atoms with E-state index in [9.17, 15) is 28.1 Å². The number of sulfonamides is 1. The highest BCUT2D eigenvalue weighted by atomic mass is 32.2. The summed E-state index contributed by atoms with van der Waals surface area (Å²) in [7, 11) is -2.40. The molecule has 0 unspecified atom stereocenters. The first kappa shape index (κ1) is 23.8. The van der Waals surface area contributed by atoms with Gasteiger partial charge in [-0.1, -0.05) is 6.07 Å². The van der Waals surface area contributed by atoms with E-state index in [1.807, 2.05) is 0 Å². The van der Waals surface area contributed by atoms with Crippen LogP contribution in [-0.2, 0) is 26.6 Å². The van der Waals surface area contributed by atoms with E-state index >= 15 is 0 Å². The van der Waals surface area contributed by atoms with Crippen molar-refractivity contribution >= 4 is 45.0 Å². The van der Waals surface area contributed by atoms with E-state index in [2.05, 4.69) is 20.8 Å². The highest BCUT2D eigenvalue weighted by Crippen LogP contribution is 2.31. The first-order valence-corrected chi connectivity index (χ1v) is 11.2. The fourth-order valence-corrected chi connectivity index (χ4v) is 3.83. The van der Waals surface area contributed by atoms with Gasteiger partial charge in [0.15, 0.2) is 6.61 Å².